The molecular formula is C9H13N2+. The zero-order valence-electron chi connectivity index (χ0n) is 6.53. The molecule has 1 aliphatic carbocycles. The molecule has 0 bridgehead atoms. The lowest BCUT2D eigenvalue weighted by atomic mass is 10.3. The van der Waals surface area contributed by atoms with Crippen LogP contribution in [0.3, 0.4) is 0 Å². The molecule has 1 saturated carbocycles. The number of quaternary nitrogens is 1. The zero-order chi connectivity index (χ0) is 7.52. The predicted octanol–water partition coefficient (Wildman–Crippen LogP) is 0.307. The summed E-state index contributed by atoms with van der Waals surface area (Å²) in [6.07, 6.45) is 6.57. The van der Waals surface area contributed by atoms with E-state index in [9.17, 15) is 0 Å². The summed E-state index contributed by atoms with van der Waals surface area (Å²) in [6.45, 7) is 1.10. The number of rotatable bonds is 3. The van der Waals surface area contributed by atoms with Gasteiger partial charge in [-0.25, -0.2) is 0 Å². The molecule has 0 aromatic carbocycles. The summed E-state index contributed by atoms with van der Waals surface area (Å²) in [4.78, 5) is 4.06. The van der Waals surface area contributed by atoms with Gasteiger partial charge in [-0.3, -0.25) is 4.98 Å². The fraction of sp³-hybridized carbons (Fsp3) is 0.444. The lowest BCUT2D eigenvalue weighted by molar-refractivity contribution is -0.683. The summed E-state index contributed by atoms with van der Waals surface area (Å²) < 4.78 is 0. The van der Waals surface area contributed by atoms with Crippen LogP contribution in [-0.2, 0) is 6.54 Å². The molecule has 0 aliphatic heterocycles. The molecule has 1 aromatic rings. The van der Waals surface area contributed by atoms with Gasteiger partial charge >= 0.3 is 0 Å². The first-order valence-electron chi connectivity index (χ1n) is 4.17. The number of pyridine rings is 1. The van der Waals surface area contributed by atoms with E-state index in [-0.39, 0.29) is 0 Å². The summed E-state index contributed by atoms with van der Waals surface area (Å²) in [5.74, 6) is 0. The first-order valence-corrected chi connectivity index (χ1v) is 4.17. The van der Waals surface area contributed by atoms with Crippen LogP contribution in [-0.4, -0.2) is 11.0 Å². The van der Waals surface area contributed by atoms with Crippen LogP contribution < -0.4 is 5.32 Å². The van der Waals surface area contributed by atoms with Gasteiger partial charge in [0.05, 0.1) is 6.04 Å². The Morgan fingerprint density at radius 3 is 3.09 bits per heavy atom. The van der Waals surface area contributed by atoms with Crippen molar-refractivity contribution in [3.05, 3.63) is 30.1 Å². The van der Waals surface area contributed by atoms with Gasteiger partial charge in [-0.1, -0.05) is 6.07 Å². The Kier molecular flexibility index (Phi) is 1.86. The monoisotopic (exact) mass is 149 g/mol. The summed E-state index contributed by atoms with van der Waals surface area (Å²) >= 11 is 0. The topological polar surface area (TPSA) is 29.5 Å². The minimum absolute atomic E-state index is 0.912. The van der Waals surface area contributed by atoms with Crippen molar-refractivity contribution in [3.63, 3.8) is 0 Å². The van der Waals surface area contributed by atoms with Crippen LogP contribution in [0.25, 0.3) is 0 Å². The molecule has 2 N–H and O–H groups in total. The van der Waals surface area contributed by atoms with Gasteiger partial charge in [-0.2, -0.15) is 0 Å². The average molecular weight is 149 g/mol. The van der Waals surface area contributed by atoms with Gasteiger partial charge in [0.15, 0.2) is 0 Å². The number of nitrogens with zero attached hydrogens (tertiary/aromatic N) is 1. The fourth-order valence-electron chi connectivity index (χ4n) is 1.15. The summed E-state index contributed by atoms with van der Waals surface area (Å²) in [7, 11) is 0. The van der Waals surface area contributed by atoms with E-state index < -0.39 is 0 Å². The number of hydrogen-bond acceptors (Lipinski definition) is 1. The van der Waals surface area contributed by atoms with E-state index in [2.05, 4.69) is 16.4 Å². The van der Waals surface area contributed by atoms with E-state index in [1.807, 2.05) is 18.5 Å². The average Bonchev–Trinajstić information content (AvgIpc) is 2.86. The summed E-state index contributed by atoms with van der Waals surface area (Å²) in [6, 6.07) is 5.04. The maximum Gasteiger partial charge on any atom is 0.103 e. The van der Waals surface area contributed by atoms with E-state index in [4.69, 9.17) is 0 Å². The van der Waals surface area contributed by atoms with Crippen molar-refractivity contribution in [2.45, 2.75) is 25.4 Å². The van der Waals surface area contributed by atoms with Crippen molar-refractivity contribution in [1.29, 1.82) is 0 Å². The smallest absolute Gasteiger partial charge is 0.103 e. The van der Waals surface area contributed by atoms with Crippen LogP contribution in [0.1, 0.15) is 18.4 Å². The minimum Gasteiger partial charge on any atom is -0.340 e. The molecule has 0 unspecified atom stereocenters. The maximum atomic E-state index is 4.06. The quantitative estimate of drug-likeness (QED) is 0.658. The van der Waals surface area contributed by atoms with Gasteiger partial charge in [-0.15, -0.1) is 0 Å². The SMILES string of the molecule is c1cncc(C[NH2+]C2CC2)c1. The van der Waals surface area contributed by atoms with Gasteiger partial charge < -0.3 is 5.32 Å². The number of hydrogen-bond donors (Lipinski definition) is 1. The molecule has 0 radical (unpaired) electrons. The molecule has 0 spiro atoms. The molecule has 58 valence electrons. The highest BCUT2D eigenvalue weighted by molar-refractivity contribution is 5.06. The van der Waals surface area contributed by atoms with E-state index in [1.54, 1.807) is 0 Å². The van der Waals surface area contributed by atoms with Gasteiger partial charge in [-0.05, 0) is 6.07 Å². The highest BCUT2D eigenvalue weighted by Gasteiger charge is 2.24. The highest BCUT2D eigenvalue weighted by atomic mass is 14.9. The van der Waals surface area contributed by atoms with Crippen LogP contribution >= 0.6 is 0 Å². The standard InChI is InChI=1S/C9H12N2/c1-2-8(6-10-5-1)7-11-9-3-4-9/h1-2,5-6,9,11H,3-4,7H2/p+1. The third kappa shape index (κ3) is 2.02. The van der Waals surface area contributed by atoms with Crippen molar-refractivity contribution in [1.82, 2.24) is 4.98 Å². The lowest BCUT2D eigenvalue weighted by Gasteiger charge is -1.97. The molecule has 1 aliphatic rings. The maximum absolute atomic E-state index is 4.06. The number of aromatic nitrogens is 1. The van der Waals surface area contributed by atoms with Gasteiger partial charge in [0.1, 0.15) is 6.54 Å². The van der Waals surface area contributed by atoms with E-state index in [0.717, 1.165) is 12.6 Å². The van der Waals surface area contributed by atoms with Crippen LogP contribution in [0.5, 0.6) is 0 Å². The van der Waals surface area contributed by atoms with Crippen molar-refractivity contribution in [2.75, 3.05) is 0 Å². The summed E-state index contributed by atoms with van der Waals surface area (Å²) in [5.41, 5.74) is 1.33. The second kappa shape index (κ2) is 3.01. The predicted molar refractivity (Wildman–Crippen MR) is 42.9 cm³/mol. The fourth-order valence-corrected chi connectivity index (χ4v) is 1.15. The first-order chi connectivity index (χ1) is 5.45. The zero-order valence-corrected chi connectivity index (χ0v) is 6.53. The Morgan fingerprint density at radius 1 is 1.55 bits per heavy atom. The molecule has 1 fully saturated rings. The highest BCUT2D eigenvalue weighted by Crippen LogP contribution is 2.13. The summed E-state index contributed by atoms with van der Waals surface area (Å²) in [5, 5.41) is 2.40. The molecule has 0 atom stereocenters. The third-order valence-electron chi connectivity index (χ3n) is 2.03. The molecule has 2 nitrogen and oxygen atoms in total. The molecule has 11 heavy (non-hydrogen) atoms. The van der Waals surface area contributed by atoms with Gasteiger partial charge in [0, 0.05) is 30.8 Å². The van der Waals surface area contributed by atoms with Crippen molar-refractivity contribution in [2.24, 2.45) is 0 Å². The minimum atomic E-state index is 0.912. The Hall–Kier alpha value is -0.890. The Labute approximate surface area is 66.7 Å². The third-order valence-corrected chi connectivity index (χ3v) is 2.03. The van der Waals surface area contributed by atoms with Crippen LogP contribution in [0, 0.1) is 0 Å². The van der Waals surface area contributed by atoms with Gasteiger partial charge in [0.25, 0.3) is 0 Å². The molecule has 2 heteroatoms. The van der Waals surface area contributed by atoms with E-state index >= 15 is 0 Å². The molecule has 1 aromatic heterocycles. The van der Waals surface area contributed by atoms with Crippen LogP contribution in [0.2, 0.25) is 0 Å². The number of nitrogens with two attached hydrogens (primary N) is 1. The van der Waals surface area contributed by atoms with Crippen molar-refractivity contribution < 1.29 is 5.32 Å². The van der Waals surface area contributed by atoms with Gasteiger partial charge in [0.2, 0.25) is 0 Å². The molecular weight excluding hydrogens is 136 g/mol. The molecule has 1 heterocycles. The van der Waals surface area contributed by atoms with Crippen molar-refractivity contribution >= 4 is 0 Å². The van der Waals surface area contributed by atoms with E-state index in [0.29, 0.717) is 0 Å². The lowest BCUT2D eigenvalue weighted by Crippen LogP contribution is -2.84. The second-order valence-electron chi connectivity index (χ2n) is 3.14. The molecule has 2 rings (SSSR count). The van der Waals surface area contributed by atoms with Crippen LogP contribution in [0.15, 0.2) is 24.5 Å². The van der Waals surface area contributed by atoms with Crippen LogP contribution in [0.4, 0.5) is 0 Å². The Morgan fingerprint density at radius 2 is 2.45 bits per heavy atom. The largest absolute Gasteiger partial charge is 0.340 e. The molecule has 0 saturated heterocycles. The van der Waals surface area contributed by atoms with Crippen molar-refractivity contribution in [3.8, 4) is 0 Å². The molecule has 0 amide bonds. The second-order valence-corrected chi connectivity index (χ2v) is 3.14. The Bertz CT molecular complexity index is 216. The normalized spacial score (nSPS) is 16.7. The van der Waals surface area contributed by atoms with E-state index in [1.165, 1.54) is 18.4 Å². The first kappa shape index (κ1) is 6.80. The Balaban J connectivity index is 1.85.